The summed E-state index contributed by atoms with van der Waals surface area (Å²) in [4.78, 5) is 33.2. The van der Waals surface area contributed by atoms with Crippen LogP contribution in [0.1, 0.15) is 64.2 Å². The van der Waals surface area contributed by atoms with Crippen molar-refractivity contribution in [1.82, 2.24) is 15.3 Å². The van der Waals surface area contributed by atoms with Crippen molar-refractivity contribution in [3.63, 3.8) is 0 Å². The third-order valence-electron chi connectivity index (χ3n) is 7.12. The van der Waals surface area contributed by atoms with E-state index >= 15 is 0 Å². The summed E-state index contributed by atoms with van der Waals surface area (Å²) in [5, 5.41) is 7.61. The average molecular weight is 624 g/mol. The summed E-state index contributed by atoms with van der Waals surface area (Å²) in [6.07, 6.45) is -5.80. The Hall–Kier alpha value is -4.40. The lowest BCUT2D eigenvalue weighted by atomic mass is 10.1. The molecule has 1 aliphatic heterocycles. The smallest absolute Gasteiger partial charge is 0.420 e. The molecule has 1 aliphatic carbocycles. The number of carbonyl (C=O) groups excluding carboxylic acids is 2. The minimum Gasteiger partial charge on any atom is -0.490 e. The molecule has 3 N–H and O–H groups in total. The molecule has 15 heteroatoms. The fraction of sp³-hybridized carbons (Fsp3) is 0.379. The molecule has 44 heavy (non-hydrogen) atoms. The predicted molar refractivity (Wildman–Crippen MR) is 146 cm³/mol. The molecule has 2 heterocycles. The highest BCUT2D eigenvalue weighted by atomic mass is 19.4. The monoisotopic (exact) mass is 623 g/mol. The Balaban J connectivity index is 1.29. The summed E-state index contributed by atoms with van der Waals surface area (Å²) in [7, 11) is 0. The molecule has 1 atom stereocenters. The molecule has 2 fully saturated rings. The molecule has 5 rings (SSSR count). The van der Waals surface area contributed by atoms with E-state index in [0.717, 1.165) is 49.5 Å². The second-order valence-electron chi connectivity index (χ2n) is 10.4. The van der Waals surface area contributed by atoms with Gasteiger partial charge in [-0.25, -0.2) is 9.97 Å². The number of amides is 2. The van der Waals surface area contributed by atoms with Crippen LogP contribution >= 0.6 is 0 Å². The Labute approximate surface area is 247 Å². The fourth-order valence-electron chi connectivity index (χ4n) is 4.95. The van der Waals surface area contributed by atoms with Crippen LogP contribution in [0, 0.1) is 0 Å². The molecule has 0 spiro atoms. The van der Waals surface area contributed by atoms with Crippen LogP contribution in [0.2, 0.25) is 0 Å². The van der Waals surface area contributed by atoms with E-state index in [1.165, 1.54) is 12.1 Å². The second kappa shape index (κ2) is 12.7. The number of ether oxygens (including phenoxy) is 2. The summed E-state index contributed by atoms with van der Waals surface area (Å²) >= 11 is 0. The van der Waals surface area contributed by atoms with E-state index in [1.807, 2.05) is 0 Å². The number of nitrogens with zero attached hydrogens (tertiary/aromatic N) is 2. The summed E-state index contributed by atoms with van der Waals surface area (Å²) in [6, 6.07) is 7.15. The Kier molecular flexibility index (Phi) is 8.95. The van der Waals surface area contributed by atoms with Gasteiger partial charge in [-0.3, -0.25) is 9.59 Å². The number of alkyl halides is 6. The summed E-state index contributed by atoms with van der Waals surface area (Å²) in [6.45, 7) is 1.03. The van der Waals surface area contributed by atoms with Crippen LogP contribution in [0.5, 0.6) is 11.5 Å². The van der Waals surface area contributed by atoms with Gasteiger partial charge in [0.05, 0.1) is 17.2 Å². The van der Waals surface area contributed by atoms with Gasteiger partial charge in [-0.05, 0) is 75.0 Å². The molecule has 2 amide bonds. The third-order valence-corrected chi connectivity index (χ3v) is 7.12. The van der Waals surface area contributed by atoms with Gasteiger partial charge in [-0.15, -0.1) is 0 Å². The van der Waals surface area contributed by atoms with E-state index in [0.29, 0.717) is 32.4 Å². The molecule has 2 aliphatic rings. The normalized spacial score (nSPS) is 17.4. The Bertz CT molecular complexity index is 1410. The number of aromatic nitrogens is 2. The van der Waals surface area contributed by atoms with Crippen molar-refractivity contribution in [3.05, 3.63) is 71.3 Å². The third kappa shape index (κ3) is 7.56. The van der Waals surface area contributed by atoms with Crippen molar-refractivity contribution in [2.45, 2.75) is 56.7 Å². The number of nitrogens with one attached hydrogen (secondary N) is 3. The Morgan fingerprint density at radius 2 is 1.23 bits per heavy atom. The predicted octanol–water partition coefficient (Wildman–Crippen LogP) is 6.08. The Morgan fingerprint density at radius 3 is 1.68 bits per heavy atom. The van der Waals surface area contributed by atoms with Gasteiger partial charge in [0.2, 0.25) is 0 Å². The molecule has 1 aromatic heterocycles. The van der Waals surface area contributed by atoms with Gasteiger partial charge in [0.25, 0.3) is 11.8 Å². The van der Waals surface area contributed by atoms with E-state index in [1.54, 1.807) is 0 Å². The van der Waals surface area contributed by atoms with E-state index in [4.69, 9.17) is 9.47 Å². The van der Waals surface area contributed by atoms with E-state index < -0.39 is 41.4 Å². The van der Waals surface area contributed by atoms with Crippen LogP contribution in [0.25, 0.3) is 0 Å². The maximum Gasteiger partial charge on any atom is 0.420 e. The molecule has 2 aromatic carbocycles. The fourth-order valence-corrected chi connectivity index (χ4v) is 4.95. The highest BCUT2D eigenvalue weighted by Crippen LogP contribution is 2.40. The lowest BCUT2D eigenvalue weighted by Crippen LogP contribution is -2.22. The number of hydrogen-bond donors (Lipinski definition) is 3. The largest absolute Gasteiger partial charge is 0.490 e. The molecule has 0 unspecified atom stereocenters. The maximum absolute atomic E-state index is 13.8. The van der Waals surface area contributed by atoms with Gasteiger partial charge in [0, 0.05) is 24.0 Å². The van der Waals surface area contributed by atoms with Crippen LogP contribution in [0.3, 0.4) is 0 Å². The maximum atomic E-state index is 13.8. The summed E-state index contributed by atoms with van der Waals surface area (Å²) < 4.78 is 93.6. The van der Waals surface area contributed by atoms with Gasteiger partial charge < -0.3 is 25.4 Å². The van der Waals surface area contributed by atoms with E-state index in [-0.39, 0.29) is 40.4 Å². The zero-order valence-electron chi connectivity index (χ0n) is 23.0. The summed E-state index contributed by atoms with van der Waals surface area (Å²) in [5.74, 6) is -2.61. The number of rotatable bonds is 8. The number of carbonyl (C=O) groups is 2. The van der Waals surface area contributed by atoms with Crippen molar-refractivity contribution in [2.24, 2.45) is 0 Å². The first-order valence-corrected chi connectivity index (χ1v) is 13.8. The van der Waals surface area contributed by atoms with E-state index in [9.17, 15) is 35.9 Å². The van der Waals surface area contributed by atoms with Crippen molar-refractivity contribution >= 4 is 23.2 Å². The van der Waals surface area contributed by atoms with Crippen molar-refractivity contribution in [3.8, 4) is 11.5 Å². The average Bonchev–Trinajstić information content (AvgIpc) is 3.68. The lowest BCUT2D eigenvalue weighted by Gasteiger charge is -2.19. The molecule has 9 nitrogen and oxygen atoms in total. The molecular weight excluding hydrogens is 596 g/mol. The van der Waals surface area contributed by atoms with Gasteiger partial charge in [-0.2, -0.15) is 26.3 Å². The summed E-state index contributed by atoms with van der Waals surface area (Å²) in [5.41, 5.74) is -3.27. The van der Waals surface area contributed by atoms with Crippen LogP contribution in [-0.2, 0) is 12.4 Å². The zero-order valence-corrected chi connectivity index (χ0v) is 23.0. The van der Waals surface area contributed by atoms with Gasteiger partial charge in [0.1, 0.15) is 35.3 Å². The van der Waals surface area contributed by atoms with Crippen LogP contribution in [-0.4, -0.2) is 47.1 Å². The highest BCUT2D eigenvalue weighted by Gasteiger charge is 2.37. The SMILES string of the molecule is O=C(Nc1ccc(OC2CCCC2)c(C(F)(F)F)c1)c1cc(C(=O)Nc2ccc(O[C@@H]3CCNC3)c(C(F)(F)F)c2)ncn1. The van der Waals surface area contributed by atoms with Gasteiger partial charge in [0.15, 0.2) is 0 Å². The first-order chi connectivity index (χ1) is 20.9. The first-order valence-electron chi connectivity index (χ1n) is 13.8. The number of hydrogen-bond acceptors (Lipinski definition) is 7. The minimum absolute atomic E-state index is 0.193. The van der Waals surface area contributed by atoms with Gasteiger partial charge >= 0.3 is 12.4 Å². The number of halogens is 6. The highest BCUT2D eigenvalue weighted by molar-refractivity contribution is 6.07. The first kappa shape index (κ1) is 31.0. The zero-order chi connectivity index (χ0) is 31.5. The quantitative estimate of drug-likeness (QED) is 0.261. The van der Waals surface area contributed by atoms with E-state index in [2.05, 4.69) is 25.9 Å². The van der Waals surface area contributed by atoms with Crippen LogP contribution < -0.4 is 25.4 Å². The molecule has 0 radical (unpaired) electrons. The minimum atomic E-state index is -4.77. The Morgan fingerprint density at radius 1 is 0.727 bits per heavy atom. The molecule has 0 bridgehead atoms. The molecule has 1 saturated heterocycles. The molecule has 1 saturated carbocycles. The molecular formula is C29H27F6N5O4. The second-order valence-corrected chi connectivity index (χ2v) is 10.4. The van der Waals surface area contributed by atoms with Crippen LogP contribution in [0.15, 0.2) is 48.8 Å². The van der Waals surface area contributed by atoms with Gasteiger partial charge in [-0.1, -0.05) is 0 Å². The van der Waals surface area contributed by atoms with Crippen molar-refractivity contribution in [2.75, 3.05) is 23.7 Å². The topological polar surface area (TPSA) is 114 Å². The van der Waals surface area contributed by atoms with Crippen LogP contribution in [0.4, 0.5) is 37.7 Å². The molecule has 234 valence electrons. The molecule has 3 aromatic rings. The van der Waals surface area contributed by atoms with Crippen molar-refractivity contribution < 1.29 is 45.4 Å². The standard InChI is InChI=1S/C29H27F6N5O4/c30-28(31,32)20-11-16(5-7-24(20)43-18-3-1-2-4-18)39-26(41)22-13-23(38-15-37-22)27(42)40-17-6-8-25(21(12-17)29(33,34)35)44-19-9-10-36-14-19/h5-8,11-13,15,18-19,36H,1-4,9-10,14H2,(H,39,41)(H,40,42)/t19-/m1/s1. The number of anilines is 2. The lowest BCUT2D eigenvalue weighted by molar-refractivity contribution is -0.140. The number of benzene rings is 2. The van der Waals surface area contributed by atoms with Crippen molar-refractivity contribution in [1.29, 1.82) is 0 Å².